The molecule has 0 aromatic heterocycles. The summed E-state index contributed by atoms with van der Waals surface area (Å²) in [5.74, 6) is -3.78. The number of rotatable bonds is 8. The fourth-order valence-electron chi connectivity index (χ4n) is 4.65. The number of carboxylic acids is 1. The summed E-state index contributed by atoms with van der Waals surface area (Å²) in [6, 6.07) is 3.42. The fraction of sp³-hybridized carbons (Fsp3) is 0.333. The summed E-state index contributed by atoms with van der Waals surface area (Å²) < 4.78 is 61.4. The van der Waals surface area contributed by atoms with Crippen LogP contribution >= 0.6 is 0 Å². The van der Waals surface area contributed by atoms with Crippen LogP contribution in [-0.4, -0.2) is 47.5 Å². The number of fused-ring (bicyclic) bond motifs is 1. The van der Waals surface area contributed by atoms with Gasteiger partial charge in [-0.3, -0.25) is 4.90 Å². The van der Waals surface area contributed by atoms with Gasteiger partial charge in [0, 0.05) is 54.8 Å². The zero-order valence-corrected chi connectivity index (χ0v) is 20.5. The number of carboxylic acid groups (broad SMARTS) is 1. The molecule has 2 atom stereocenters. The number of hydrogen-bond acceptors (Lipinski definition) is 4. The molecule has 9 heteroatoms. The van der Waals surface area contributed by atoms with E-state index < -0.39 is 41.2 Å². The third-order valence-electron chi connectivity index (χ3n) is 6.09. The molecule has 1 aliphatic heterocycles. The number of aliphatic carboxylic acids is 1. The first kappa shape index (κ1) is 27.1. The molecule has 0 amide bonds. The Labute approximate surface area is 207 Å². The van der Waals surface area contributed by atoms with Crippen molar-refractivity contribution < 1.29 is 27.5 Å². The summed E-state index contributed by atoms with van der Waals surface area (Å²) in [6.07, 6.45) is 4.49. The second-order valence-electron chi connectivity index (χ2n) is 9.44. The Hall–Kier alpha value is -3.46. The van der Waals surface area contributed by atoms with Crippen molar-refractivity contribution in [3.63, 3.8) is 0 Å². The summed E-state index contributed by atoms with van der Waals surface area (Å²) >= 11 is 0. The van der Waals surface area contributed by atoms with Crippen LogP contribution in [0.3, 0.4) is 0 Å². The van der Waals surface area contributed by atoms with Gasteiger partial charge in [0.15, 0.2) is 0 Å². The van der Waals surface area contributed by atoms with Crippen LogP contribution < -0.4 is 5.32 Å². The molecule has 3 N–H and O–H groups in total. The van der Waals surface area contributed by atoms with Gasteiger partial charge in [-0.25, -0.2) is 22.4 Å². The van der Waals surface area contributed by atoms with Gasteiger partial charge in [-0.1, -0.05) is 12.1 Å². The van der Waals surface area contributed by atoms with Crippen molar-refractivity contribution >= 4 is 23.8 Å². The second kappa shape index (κ2) is 10.7. The molecule has 0 saturated heterocycles. The highest BCUT2D eigenvalue weighted by Gasteiger charge is 2.40. The fourth-order valence-corrected chi connectivity index (χ4v) is 4.65. The number of nitrogens with one attached hydrogen (secondary N) is 2. The first-order chi connectivity index (χ1) is 16.9. The van der Waals surface area contributed by atoms with E-state index in [0.717, 1.165) is 30.5 Å². The van der Waals surface area contributed by atoms with E-state index in [1.165, 1.54) is 26.1 Å². The summed E-state index contributed by atoms with van der Waals surface area (Å²) in [5.41, 5.74) is -1.06. The molecule has 0 fully saturated rings. The van der Waals surface area contributed by atoms with Crippen LogP contribution in [0.5, 0.6) is 0 Å². The molecular formula is C27H29F4N3O2. The number of halogens is 4. The smallest absolute Gasteiger partial charge is 0.328 e. The van der Waals surface area contributed by atoms with E-state index in [9.17, 15) is 9.18 Å². The average Bonchev–Trinajstić information content (AvgIpc) is 2.78. The Bertz CT molecular complexity index is 1210. The van der Waals surface area contributed by atoms with Crippen molar-refractivity contribution in [3.05, 3.63) is 81.8 Å². The Balaban J connectivity index is 2.26. The number of hydrogen-bond donors (Lipinski definition) is 3. The largest absolute Gasteiger partial charge is 0.478 e. The average molecular weight is 504 g/mol. The van der Waals surface area contributed by atoms with Gasteiger partial charge >= 0.3 is 5.97 Å². The number of nitrogens with zero attached hydrogens (tertiary/aromatic N) is 1. The van der Waals surface area contributed by atoms with Crippen LogP contribution in [-0.2, 0) is 11.2 Å². The maximum Gasteiger partial charge on any atom is 0.328 e. The van der Waals surface area contributed by atoms with Gasteiger partial charge in [0.2, 0.25) is 0 Å². The van der Waals surface area contributed by atoms with Gasteiger partial charge < -0.3 is 15.8 Å². The monoisotopic (exact) mass is 503 g/mol. The first-order valence-electron chi connectivity index (χ1n) is 11.4. The van der Waals surface area contributed by atoms with Crippen molar-refractivity contribution in [1.29, 1.82) is 5.41 Å². The highest BCUT2D eigenvalue weighted by atomic mass is 19.1. The van der Waals surface area contributed by atoms with Gasteiger partial charge in [0.25, 0.3) is 0 Å². The highest BCUT2D eigenvalue weighted by Crippen LogP contribution is 2.43. The molecule has 3 rings (SSSR count). The SMILES string of the molecule is CN/C=C(\C=N)c1ccc2c(c1F)CC(C)N(CC(C)(C)F)C2c1c(F)cc(/C=C/C(=O)O)cc1F. The zero-order chi connectivity index (χ0) is 26.8. The summed E-state index contributed by atoms with van der Waals surface area (Å²) in [7, 11) is 1.62. The lowest BCUT2D eigenvalue weighted by Gasteiger charge is -2.44. The lowest BCUT2D eigenvalue weighted by molar-refractivity contribution is -0.131. The third kappa shape index (κ3) is 5.67. The Morgan fingerprint density at radius 2 is 1.89 bits per heavy atom. The molecule has 192 valence electrons. The molecule has 0 bridgehead atoms. The van der Waals surface area contributed by atoms with Gasteiger partial charge in [0.1, 0.15) is 23.1 Å². The predicted octanol–water partition coefficient (Wildman–Crippen LogP) is 5.50. The summed E-state index contributed by atoms with van der Waals surface area (Å²) in [5, 5.41) is 19.2. The molecule has 2 aromatic carbocycles. The number of carbonyl (C=O) groups is 1. The van der Waals surface area contributed by atoms with Crippen molar-refractivity contribution in [2.75, 3.05) is 13.6 Å². The molecule has 36 heavy (non-hydrogen) atoms. The van der Waals surface area contributed by atoms with E-state index in [1.807, 2.05) is 0 Å². The molecule has 5 nitrogen and oxygen atoms in total. The van der Waals surface area contributed by atoms with Crippen LogP contribution in [0.4, 0.5) is 17.6 Å². The van der Waals surface area contributed by atoms with Crippen LogP contribution in [0.25, 0.3) is 11.6 Å². The number of benzene rings is 2. The molecule has 1 aliphatic rings. The minimum atomic E-state index is -1.71. The number of alkyl halides is 1. The molecule has 1 heterocycles. The highest BCUT2D eigenvalue weighted by molar-refractivity contribution is 6.08. The van der Waals surface area contributed by atoms with Gasteiger partial charge in [-0.2, -0.15) is 0 Å². The molecular weight excluding hydrogens is 474 g/mol. The predicted molar refractivity (Wildman–Crippen MR) is 132 cm³/mol. The summed E-state index contributed by atoms with van der Waals surface area (Å²) in [4.78, 5) is 12.4. The molecule has 2 unspecified atom stereocenters. The minimum Gasteiger partial charge on any atom is -0.478 e. The molecule has 0 saturated carbocycles. The lowest BCUT2D eigenvalue weighted by Crippen LogP contribution is -2.48. The topological polar surface area (TPSA) is 76.4 Å². The Kier molecular flexibility index (Phi) is 8.03. The van der Waals surface area contributed by atoms with Crippen molar-refractivity contribution in [1.82, 2.24) is 10.2 Å². The van der Waals surface area contributed by atoms with Gasteiger partial charge in [-0.05, 0) is 62.1 Å². The van der Waals surface area contributed by atoms with E-state index in [4.69, 9.17) is 10.5 Å². The van der Waals surface area contributed by atoms with Crippen LogP contribution in [0.1, 0.15) is 54.6 Å². The van der Waals surface area contributed by atoms with E-state index in [0.29, 0.717) is 11.1 Å². The lowest BCUT2D eigenvalue weighted by atomic mass is 9.82. The second-order valence-corrected chi connectivity index (χ2v) is 9.44. The van der Waals surface area contributed by atoms with E-state index in [1.54, 1.807) is 24.9 Å². The summed E-state index contributed by atoms with van der Waals surface area (Å²) in [6.45, 7) is 4.31. The minimum absolute atomic E-state index is 0.00644. The maximum absolute atomic E-state index is 15.8. The molecule has 0 radical (unpaired) electrons. The van der Waals surface area contributed by atoms with E-state index in [-0.39, 0.29) is 35.2 Å². The van der Waals surface area contributed by atoms with Crippen molar-refractivity contribution in [2.24, 2.45) is 0 Å². The van der Waals surface area contributed by atoms with Crippen molar-refractivity contribution in [3.8, 4) is 0 Å². The standard InChI is InChI=1S/C27H29F4N3O2/c1-15-9-20-19(7-6-18(25(20)30)17(12-32)13-33-4)26(34(15)14-27(2,3)31)24-21(28)10-16(11-22(24)29)5-8-23(35)36/h5-8,10-13,15,26,32-33H,9,14H2,1-4H3,(H,35,36)/b8-5+,17-13+,32-12?. The third-order valence-corrected chi connectivity index (χ3v) is 6.09. The molecule has 2 aromatic rings. The number of allylic oxidation sites excluding steroid dienone is 1. The van der Waals surface area contributed by atoms with Crippen molar-refractivity contribution in [2.45, 2.75) is 44.9 Å². The van der Waals surface area contributed by atoms with Gasteiger partial charge in [-0.15, -0.1) is 0 Å². The normalized spacial score (nSPS) is 18.8. The Morgan fingerprint density at radius 3 is 2.42 bits per heavy atom. The van der Waals surface area contributed by atoms with E-state index in [2.05, 4.69) is 5.32 Å². The van der Waals surface area contributed by atoms with Gasteiger partial charge in [0.05, 0.1) is 6.04 Å². The maximum atomic E-state index is 15.8. The molecule has 0 aliphatic carbocycles. The molecule has 0 spiro atoms. The van der Waals surface area contributed by atoms with Crippen LogP contribution in [0, 0.1) is 22.9 Å². The zero-order valence-electron chi connectivity index (χ0n) is 20.5. The Morgan fingerprint density at radius 1 is 1.25 bits per heavy atom. The van der Waals surface area contributed by atoms with Crippen LogP contribution in [0.15, 0.2) is 36.5 Å². The quantitative estimate of drug-likeness (QED) is 0.253. The van der Waals surface area contributed by atoms with E-state index >= 15 is 13.2 Å². The van der Waals surface area contributed by atoms with Crippen LogP contribution in [0.2, 0.25) is 0 Å². The first-order valence-corrected chi connectivity index (χ1v) is 11.4.